The molecule has 0 spiro atoms. The van der Waals surface area contributed by atoms with Crippen molar-refractivity contribution in [3.8, 4) is 0 Å². The molecule has 2 amide bonds. The van der Waals surface area contributed by atoms with Gasteiger partial charge in [0.25, 0.3) is 0 Å². The highest BCUT2D eigenvalue weighted by molar-refractivity contribution is 6.34. The van der Waals surface area contributed by atoms with Crippen LogP contribution < -0.4 is 10.6 Å². The standard InChI is InChI=1S/C17H16ClFN2O2/c1-10-6-11(2)17(14(18)7-10)21-16(23)9-15(22)20-13-5-3-4-12(19)8-13/h3-8H,9H2,1-2H3,(H,20,22)(H,21,23). The highest BCUT2D eigenvalue weighted by Crippen LogP contribution is 2.27. The lowest BCUT2D eigenvalue weighted by Gasteiger charge is -2.11. The molecule has 6 heteroatoms. The van der Waals surface area contributed by atoms with E-state index < -0.39 is 17.6 Å². The first-order chi connectivity index (χ1) is 10.8. The maximum Gasteiger partial charge on any atom is 0.233 e. The number of carbonyl (C=O) groups excluding carboxylic acids is 2. The summed E-state index contributed by atoms with van der Waals surface area (Å²) < 4.78 is 13.0. The molecule has 0 aromatic heterocycles. The van der Waals surface area contributed by atoms with Crippen LogP contribution in [0.1, 0.15) is 17.5 Å². The summed E-state index contributed by atoms with van der Waals surface area (Å²) in [7, 11) is 0. The number of hydrogen-bond donors (Lipinski definition) is 2. The fourth-order valence-corrected chi connectivity index (χ4v) is 2.54. The van der Waals surface area contributed by atoms with E-state index in [1.165, 1.54) is 18.2 Å². The first kappa shape index (κ1) is 17.0. The normalized spacial score (nSPS) is 10.3. The predicted molar refractivity (Wildman–Crippen MR) is 89.2 cm³/mol. The van der Waals surface area contributed by atoms with Gasteiger partial charge in [-0.15, -0.1) is 0 Å². The van der Waals surface area contributed by atoms with Gasteiger partial charge in [0, 0.05) is 5.69 Å². The average molecular weight is 335 g/mol. The molecule has 0 saturated heterocycles. The molecule has 4 nitrogen and oxygen atoms in total. The van der Waals surface area contributed by atoms with Gasteiger partial charge in [0.05, 0.1) is 10.7 Å². The Hall–Kier alpha value is -2.40. The molecule has 2 N–H and O–H groups in total. The molecule has 0 atom stereocenters. The van der Waals surface area contributed by atoms with Crippen LogP contribution in [0.2, 0.25) is 5.02 Å². The molecule has 0 heterocycles. The van der Waals surface area contributed by atoms with E-state index in [2.05, 4.69) is 10.6 Å². The monoisotopic (exact) mass is 334 g/mol. The lowest BCUT2D eigenvalue weighted by atomic mass is 10.1. The summed E-state index contributed by atoms with van der Waals surface area (Å²) in [5.41, 5.74) is 2.58. The van der Waals surface area contributed by atoms with Crippen molar-refractivity contribution in [3.63, 3.8) is 0 Å². The zero-order chi connectivity index (χ0) is 17.0. The SMILES string of the molecule is Cc1cc(C)c(NC(=O)CC(=O)Nc2cccc(F)c2)c(Cl)c1. The third-order valence-corrected chi connectivity index (χ3v) is 3.42. The molecule has 0 fully saturated rings. The van der Waals surface area contributed by atoms with Gasteiger partial charge in [0.1, 0.15) is 12.2 Å². The van der Waals surface area contributed by atoms with E-state index in [1.807, 2.05) is 19.9 Å². The molecule has 0 unspecified atom stereocenters. The summed E-state index contributed by atoms with van der Waals surface area (Å²) in [6.07, 6.45) is -0.389. The van der Waals surface area contributed by atoms with Crippen molar-refractivity contribution in [1.29, 1.82) is 0 Å². The second kappa shape index (κ2) is 7.24. The quantitative estimate of drug-likeness (QED) is 0.828. The fourth-order valence-electron chi connectivity index (χ4n) is 2.17. The molecule has 0 aliphatic carbocycles. The largest absolute Gasteiger partial charge is 0.326 e. The van der Waals surface area contributed by atoms with Crippen LogP contribution in [-0.4, -0.2) is 11.8 Å². The molecule has 2 aromatic rings. The number of hydrogen-bond acceptors (Lipinski definition) is 2. The van der Waals surface area contributed by atoms with E-state index in [9.17, 15) is 14.0 Å². The zero-order valence-electron chi connectivity index (χ0n) is 12.7. The molecule has 120 valence electrons. The van der Waals surface area contributed by atoms with Crippen molar-refractivity contribution < 1.29 is 14.0 Å². The molecule has 2 rings (SSSR count). The highest BCUT2D eigenvalue weighted by Gasteiger charge is 2.13. The van der Waals surface area contributed by atoms with Crippen molar-refractivity contribution in [1.82, 2.24) is 0 Å². The van der Waals surface area contributed by atoms with E-state index in [4.69, 9.17) is 11.6 Å². The van der Waals surface area contributed by atoms with Crippen molar-refractivity contribution in [3.05, 3.63) is 58.4 Å². The molecule has 2 aromatic carbocycles. The van der Waals surface area contributed by atoms with Crippen LogP contribution in [0.3, 0.4) is 0 Å². The Labute approximate surface area is 138 Å². The number of carbonyl (C=O) groups is 2. The lowest BCUT2D eigenvalue weighted by Crippen LogP contribution is -2.22. The minimum Gasteiger partial charge on any atom is -0.326 e. The average Bonchev–Trinajstić information content (AvgIpc) is 2.42. The minimum atomic E-state index is -0.533. The van der Waals surface area contributed by atoms with Gasteiger partial charge in [-0.2, -0.15) is 0 Å². The van der Waals surface area contributed by atoms with Crippen molar-refractivity contribution in [2.24, 2.45) is 0 Å². The van der Waals surface area contributed by atoms with Crippen LogP contribution in [0.4, 0.5) is 15.8 Å². The number of halogens is 2. The lowest BCUT2D eigenvalue weighted by molar-refractivity contribution is -0.123. The van der Waals surface area contributed by atoms with Crippen molar-refractivity contribution >= 4 is 34.8 Å². The van der Waals surface area contributed by atoms with Crippen LogP contribution in [0.15, 0.2) is 36.4 Å². The summed E-state index contributed by atoms with van der Waals surface area (Å²) in [5, 5.41) is 5.51. The van der Waals surface area contributed by atoms with Gasteiger partial charge < -0.3 is 10.6 Å². The van der Waals surface area contributed by atoms with E-state index in [0.717, 1.165) is 11.1 Å². The second-order valence-corrected chi connectivity index (χ2v) is 5.63. The summed E-state index contributed by atoms with van der Waals surface area (Å²) in [6, 6.07) is 9.08. The number of anilines is 2. The Kier molecular flexibility index (Phi) is 5.34. The Morgan fingerprint density at radius 3 is 2.43 bits per heavy atom. The molecule has 0 aliphatic heterocycles. The minimum absolute atomic E-state index is 0.298. The van der Waals surface area contributed by atoms with Gasteiger partial charge in [-0.3, -0.25) is 9.59 Å². The Morgan fingerprint density at radius 2 is 1.78 bits per heavy atom. The third kappa shape index (κ3) is 4.79. The van der Waals surface area contributed by atoms with Gasteiger partial charge in [-0.25, -0.2) is 4.39 Å². The molecule has 0 aliphatic rings. The van der Waals surface area contributed by atoms with Crippen LogP contribution >= 0.6 is 11.6 Å². The summed E-state index contributed by atoms with van der Waals surface area (Å²) in [5.74, 6) is -1.49. The molecular formula is C17H16ClFN2O2. The number of amides is 2. The van der Waals surface area contributed by atoms with Crippen LogP contribution in [0.25, 0.3) is 0 Å². The number of nitrogens with one attached hydrogen (secondary N) is 2. The first-order valence-corrected chi connectivity index (χ1v) is 7.35. The fraction of sp³-hybridized carbons (Fsp3) is 0.176. The van der Waals surface area contributed by atoms with E-state index >= 15 is 0 Å². The van der Waals surface area contributed by atoms with E-state index in [-0.39, 0.29) is 6.42 Å². The zero-order valence-corrected chi connectivity index (χ0v) is 13.5. The van der Waals surface area contributed by atoms with Gasteiger partial charge in [0.15, 0.2) is 0 Å². The number of rotatable bonds is 4. The maximum absolute atomic E-state index is 13.0. The molecule has 0 radical (unpaired) electrons. The van der Waals surface area contributed by atoms with Crippen molar-refractivity contribution in [2.45, 2.75) is 20.3 Å². The van der Waals surface area contributed by atoms with Gasteiger partial charge in [-0.1, -0.05) is 23.7 Å². The van der Waals surface area contributed by atoms with Crippen LogP contribution in [-0.2, 0) is 9.59 Å². The Balaban J connectivity index is 1.98. The second-order valence-electron chi connectivity index (χ2n) is 5.22. The molecule has 0 saturated carbocycles. The van der Waals surface area contributed by atoms with Crippen molar-refractivity contribution in [2.75, 3.05) is 10.6 Å². The Morgan fingerprint density at radius 1 is 1.09 bits per heavy atom. The smallest absolute Gasteiger partial charge is 0.233 e. The van der Waals surface area contributed by atoms with E-state index in [0.29, 0.717) is 16.4 Å². The molecular weight excluding hydrogens is 319 g/mol. The number of benzene rings is 2. The van der Waals surface area contributed by atoms with Gasteiger partial charge in [0.2, 0.25) is 11.8 Å². The van der Waals surface area contributed by atoms with Gasteiger partial charge >= 0.3 is 0 Å². The predicted octanol–water partition coefficient (Wildman–Crippen LogP) is 4.06. The third-order valence-electron chi connectivity index (χ3n) is 3.13. The van der Waals surface area contributed by atoms with Crippen LogP contribution in [0.5, 0.6) is 0 Å². The summed E-state index contributed by atoms with van der Waals surface area (Å²) in [4.78, 5) is 23.8. The molecule has 23 heavy (non-hydrogen) atoms. The number of aryl methyl sites for hydroxylation is 2. The molecule has 0 bridgehead atoms. The van der Waals surface area contributed by atoms with E-state index in [1.54, 1.807) is 12.1 Å². The Bertz CT molecular complexity index is 739. The summed E-state index contributed by atoms with van der Waals surface area (Å²) >= 11 is 6.11. The topological polar surface area (TPSA) is 58.2 Å². The van der Waals surface area contributed by atoms with Gasteiger partial charge in [-0.05, 0) is 49.2 Å². The van der Waals surface area contributed by atoms with Crippen LogP contribution in [0, 0.1) is 19.7 Å². The maximum atomic E-state index is 13.0. The first-order valence-electron chi connectivity index (χ1n) is 6.97. The summed E-state index contributed by atoms with van der Waals surface area (Å²) in [6.45, 7) is 3.72. The highest BCUT2D eigenvalue weighted by atomic mass is 35.5.